The minimum atomic E-state index is -4.09. The van der Waals surface area contributed by atoms with Crippen LogP contribution >= 0.6 is 0 Å². The van der Waals surface area contributed by atoms with Crippen LogP contribution in [0.15, 0.2) is 55.4 Å². The number of pyridine rings is 1. The van der Waals surface area contributed by atoms with Crippen LogP contribution in [0.1, 0.15) is 61.6 Å². The summed E-state index contributed by atoms with van der Waals surface area (Å²) in [7, 11) is 0. The number of aromatic nitrogens is 2. The number of halogens is 3. The third kappa shape index (κ3) is 4.40. The number of alkyl halides is 3. The van der Waals surface area contributed by atoms with Crippen LogP contribution in [0.2, 0.25) is 0 Å². The van der Waals surface area contributed by atoms with E-state index in [1.54, 1.807) is 0 Å². The minimum Gasteiger partial charge on any atom is -0.328 e. The predicted octanol–water partition coefficient (Wildman–Crippen LogP) is 7.03. The van der Waals surface area contributed by atoms with E-state index in [1.807, 2.05) is 18.0 Å². The van der Waals surface area contributed by atoms with Crippen molar-refractivity contribution in [3.8, 4) is 0 Å². The van der Waals surface area contributed by atoms with E-state index in [-0.39, 0.29) is 19.4 Å². The molecule has 0 bridgehead atoms. The smallest absolute Gasteiger partial charge is 0.328 e. The van der Waals surface area contributed by atoms with Crippen molar-refractivity contribution in [2.75, 3.05) is 19.6 Å². The Labute approximate surface area is 199 Å². The Hall–Kier alpha value is -2.60. The largest absolute Gasteiger partial charge is 0.395 e. The minimum absolute atomic E-state index is 0.163. The van der Waals surface area contributed by atoms with Crippen molar-refractivity contribution in [2.45, 2.75) is 57.7 Å². The molecule has 0 unspecified atom stereocenters. The fourth-order valence-corrected chi connectivity index (χ4v) is 5.52. The molecule has 34 heavy (non-hydrogen) atoms. The predicted molar refractivity (Wildman–Crippen MR) is 131 cm³/mol. The molecule has 1 aromatic carbocycles. The van der Waals surface area contributed by atoms with E-state index in [1.165, 1.54) is 11.1 Å². The maximum Gasteiger partial charge on any atom is 0.395 e. The van der Waals surface area contributed by atoms with Gasteiger partial charge in [-0.25, -0.2) is 4.98 Å². The Bertz CT molecular complexity index is 1160. The van der Waals surface area contributed by atoms with E-state index < -0.39 is 11.6 Å². The number of hydrogen-bond acceptors (Lipinski definition) is 2. The summed E-state index contributed by atoms with van der Waals surface area (Å²) in [5.74, 6) is 0.356. The molecule has 6 heteroatoms. The highest BCUT2D eigenvalue weighted by Gasteiger charge is 2.58. The van der Waals surface area contributed by atoms with Gasteiger partial charge >= 0.3 is 6.18 Å². The standard InChI is InChI=1S/C28H32F3N3/c1-20(2)22-6-4-21(5-7-22)18-34-15-10-24-16-25(17-32-26(24)34)23-8-13-33(14-9-23)19-27(11-3-12-27)28(29,30)31/h4-7,10,15-17,23H,1,3,8-9,11-14,18-19H2,2H3. The third-order valence-electron chi connectivity index (χ3n) is 7.92. The van der Waals surface area contributed by atoms with Crippen LogP contribution < -0.4 is 0 Å². The summed E-state index contributed by atoms with van der Waals surface area (Å²) in [4.78, 5) is 6.81. The zero-order valence-electron chi connectivity index (χ0n) is 19.7. The van der Waals surface area contributed by atoms with Crippen molar-refractivity contribution in [1.82, 2.24) is 14.5 Å². The van der Waals surface area contributed by atoms with Crippen molar-refractivity contribution >= 4 is 16.6 Å². The average molecular weight is 468 g/mol. The molecule has 2 aliphatic rings. The quantitative estimate of drug-likeness (QED) is 0.388. The second-order valence-electron chi connectivity index (χ2n) is 10.3. The summed E-state index contributed by atoms with van der Waals surface area (Å²) in [6.45, 7) is 8.37. The van der Waals surface area contributed by atoms with Crippen LogP contribution in [-0.2, 0) is 6.54 Å². The molecule has 2 fully saturated rings. The maximum absolute atomic E-state index is 13.5. The van der Waals surface area contributed by atoms with E-state index >= 15 is 0 Å². The SMILES string of the molecule is C=C(C)c1ccc(Cn2ccc3cc(C4CCN(CC5(C(F)(F)F)CCC5)CC4)cnc32)cc1. The number of fused-ring (bicyclic) bond motifs is 1. The number of benzene rings is 1. The Kier molecular flexibility index (Phi) is 6.05. The highest BCUT2D eigenvalue weighted by molar-refractivity contribution is 5.77. The van der Waals surface area contributed by atoms with Crippen LogP contribution in [0.3, 0.4) is 0 Å². The van der Waals surface area contributed by atoms with Crippen molar-refractivity contribution in [3.63, 3.8) is 0 Å². The Morgan fingerprint density at radius 3 is 2.41 bits per heavy atom. The maximum atomic E-state index is 13.5. The van der Waals surface area contributed by atoms with Gasteiger partial charge in [0.2, 0.25) is 0 Å². The van der Waals surface area contributed by atoms with Crippen molar-refractivity contribution in [3.05, 3.63) is 72.1 Å². The molecule has 3 aromatic rings. The van der Waals surface area contributed by atoms with Crippen molar-refractivity contribution in [1.29, 1.82) is 0 Å². The molecule has 0 radical (unpaired) electrons. The van der Waals surface area contributed by atoms with Crippen LogP contribution in [-0.4, -0.2) is 40.3 Å². The molecule has 1 saturated carbocycles. The van der Waals surface area contributed by atoms with Crippen LogP contribution in [0.5, 0.6) is 0 Å². The van der Waals surface area contributed by atoms with E-state index in [0.717, 1.165) is 54.6 Å². The second kappa shape index (κ2) is 8.88. The Balaban J connectivity index is 1.23. The molecule has 3 nitrogen and oxygen atoms in total. The van der Waals surface area contributed by atoms with Gasteiger partial charge in [0.25, 0.3) is 0 Å². The summed E-state index contributed by atoms with van der Waals surface area (Å²) in [6.07, 6.45) is 2.99. The molecule has 0 atom stereocenters. The monoisotopic (exact) mass is 467 g/mol. The van der Waals surface area contributed by atoms with Gasteiger partial charge in [0.1, 0.15) is 5.65 Å². The van der Waals surface area contributed by atoms with Crippen LogP contribution in [0.4, 0.5) is 13.2 Å². The van der Waals surface area contributed by atoms with Gasteiger partial charge in [-0.3, -0.25) is 0 Å². The zero-order valence-corrected chi connectivity index (χ0v) is 19.7. The van der Waals surface area contributed by atoms with Gasteiger partial charge in [0.05, 0.1) is 5.41 Å². The molecule has 0 N–H and O–H groups in total. The number of rotatable bonds is 6. The lowest BCUT2D eigenvalue weighted by molar-refractivity contribution is -0.256. The summed E-state index contributed by atoms with van der Waals surface area (Å²) in [6, 6.07) is 12.8. The molecular weight excluding hydrogens is 435 g/mol. The van der Waals surface area contributed by atoms with Gasteiger partial charge in [-0.05, 0) is 80.4 Å². The average Bonchev–Trinajstić information content (AvgIpc) is 3.18. The Morgan fingerprint density at radius 2 is 1.82 bits per heavy atom. The van der Waals surface area contributed by atoms with Crippen molar-refractivity contribution < 1.29 is 13.2 Å². The fourth-order valence-electron chi connectivity index (χ4n) is 5.52. The molecule has 180 valence electrons. The molecule has 0 spiro atoms. The molecule has 5 rings (SSSR count). The summed E-state index contributed by atoms with van der Waals surface area (Å²) in [5.41, 5.74) is 4.11. The van der Waals surface area contributed by atoms with E-state index in [4.69, 9.17) is 4.98 Å². The van der Waals surface area contributed by atoms with Crippen LogP contribution in [0, 0.1) is 5.41 Å². The fraction of sp³-hybridized carbons (Fsp3) is 0.464. The lowest BCUT2D eigenvalue weighted by Gasteiger charge is -2.47. The second-order valence-corrected chi connectivity index (χ2v) is 10.3. The number of nitrogens with zero attached hydrogens (tertiary/aromatic N) is 3. The molecular formula is C28H32F3N3. The van der Waals surface area contributed by atoms with Crippen LogP contribution in [0.25, 0.3) is 16.6 Å². The zero-order chi connectivity index (χ0) is 23.9. The van der Waals surface area contributed by atoms with Gasteiger partial charge in [-0.15, -0.1) is 0 Å². The highest BCUT2D eigenvalue weighted by atomic mass is 19.4. The number of allylic oxidation sites excluding steroid dienone is 1. The topological polar surface area (TPSA) is 21.1 Å². The van der Waals surface area contributed by atoms with E-state index in [2.05, 4.69) is 53.7 Å². The summed E-state index contributed by atoms with van der Waals surface area (Å²) < 4.78 is 42.8. The van der Waals surface area contributed by atoms with Gasteiger partial charge in [-0.2, -0.15) is 13.2 Å². The number of hydrogen-bond donors (Lipinski definition) is 0. The van der Waals surface area contributed by atoms with Gasteiger partial charge in [0, 0.05) is 30.9 Å². The van der Waals surface area contributed by atoms with Gasteiger partial charge in [-0.1, -0.05) is 42.8 Å². The lowest BCUT2D eigenvalue weighted by atomic mass is 9.67. The van der Waals surface area contributed by atoms with Gasteiger partial charge in [0.15, 0.2) is 0 Å². The molecule has 1 aliphatic heterocycles. The number of likely N-dealkylation sites (tertiary alicyclic amines) is 1. The third-order valence-corrected chi connectivity index (χ3v) is 7.92. The first-order valence-corrected chi connectivity index (χ1v) is 12.2. The highest BCUT2D eigenvalue weighted by Crippen LogP contribution is 2.53. The first-order chi connectivity index (χ1) is 16.2. The summed E-state index contributed by atoms with van der Waals surface area (Å²) >= 11 is 0. The Morgan fingerprint density at radius 1 is 1.12 bits per heavy atom. The number of piperidine rings is 1. The molecule has 0 amide bonds. The molecule has 1 aliphatic carbocycles. The normalized spacial score (nSPS) is 19.3. The molecule has 3 heterocycles. The van der Waals surface area contributed by atoms with Gasteiger partial charge < -0.3 is 9.47 Å². The first-order valence-electron chi connectivity index (χ1n) is 12.2. The van der Waals surface area contributed by atoms with E-state index in [9.17, 15) is 13.2 Å². The lowest BCUT2D eigenvalue weighted by Crippen LogP contribution is -2.53. The van der Waals surface area contributed by atoms with Crippen molar-refractivity contribution in [2.24, 2.45) is 5.41 Å². The summed E-state index contributed by atoms with van der Waals surface area (Å²) in [5, 5.41) is 1.11. The molecule has 1 saturated heterocycles. The van der Waals surface area contributed by atoms with E-state index in [0.29, 0.717) is 12.3 Å². The first kappa shape index (κ1) is 23.2. The molecule has 2 aromatic heterocycles.